The summed E-state index contributed by atoms with van der Waals surface area (Å²) in [5, 5.41) is 5.02. The van der Waals surface area contributed by atoms with Gasteiger partial charge in [-0.05, 0) is 13.0 Å². The number of nitrogens with one attached hydrogen (secondary N) is 2. The molecule has 0 aromatic heterocycles. The van der Waals surface area contributed by atoms with E-state index in [0.717, 1.165) is 0 Å². The number of rotatable bonds is 4. The summed E-state index contributed by atoms with van der Waals surface area (Å²) in [7, 11) is 0. The van der Waals surface area contributed by atoms with Gasteiger partial charge in [-0.1, -0.05) is 30.9 Å². The molecule has 0 aliphatic carbocycles. The molecule has 0 unspecified atom stereocenters. The number of hydrogen-bond donors (Lipinski definition) is 2. The van der Waals surface area contributed by atoms with Crippen LogP contribution < -0.4 is 10.6 Å². The van der Waals surface area contributed by atoms with Crippen LogP contribution in [0.5, 0.6) is 0 Å². The Balaban J connectivity index is 2.43. The zero-order valence-electron chi connectivity index (χ0n) is 11.5. The van der Waals surface area contributed by atoms with Crippen molar-refractivity contribution in [1.29, 1.82) is 0 Å². The minimum absolute atomic E-state index is 0.0353. The Morgan fingerprint density at radius 1 is 1.48 bits per heavy atom. The van der Waals surface area contributed by atoms with Crippen molar-refractivity contribution >= 4 is 12.0 Å². The van der Waals surface area contributed by atoms with Crippen molar-refractivity contribution in [3.8, 4) is 0 Å². The first-order chi connectivity index (χ1) is 10.0. The van der Waals surface area contributed by atoms with Crippen molar-refractivity contribution in [3.05, 3.63) is 59.6 Å². The van der Waals surface area contributed by atoms with Crippen LogP contribution in [0, 0.1) is 5.82 Å². The van der Waals surface area contributed by atoms with Crippen LogP contribution in [0.15, 0.2) is 48.2 Å². The number of ether oxygens (including phenoxy) is 1. The van der Waals surface area contributed by atoms with Gasteiger partial charge in [-0.15, -0.1) is 0 Å². The molecule has 0 radical (unpaired) electrons. The Bertz CT molecular complexity index is 625. The number of allylic oxidation sites excluding steroid dienone is 1. The lowest BCUT2D eigenvalue weighted by Crippen LogP contribution is -2.45. The largest absolute Gasteiger partial charge is 0.458 e. The number of hydrogen-bond acceptors (Lipinski definition) is 3. The van der Waals surface area contributed by atoms with Crippen molar-refractivity contribution in [2.45, 2.75) is 13.0 Å². The maximum absolute atomic E-state index is 14.0. The van der Waals surface area contributed by atoms with Gasteiger partial charge in [-0.2, -0.15) is 0 Å². The standard InChI is InChI=1S/C15H15FN2O3/c1-3-8-21-14(19)12-9(2)17-15(20)18-13(12)10-6-4-5-7-11(10)16/h3-7,13H,1,8H2,2H3,(H2,17,18,20)/t13-/m1/s1. The number of benzene rings is 1. The van der Waals surface area contributed by atoms with Gasteiger partial charge in [0, 0.05) is 11.3 Å². The first-order valence-electron chi connectivity index (χ1n) is 6.35. The third-order valence-corrected chi connectivity index (χ3v) is 3.04. The maximum Gasteiger partial charge on any atom is 0.338 e. The normalized spacial score (nSPS) is 17.8. The molecule has 0 saturated carbocycles. The molecule has 21 heavy (non-hydrogen) atoms. The molecule has 0 bridgehead atoms. The van der Waals surface area contributed by atoms with Gasteiger partial charge in [0.1, 0.15) is 12.4 Å². The highest BCUT2D eigenvalue weighted by molar-refractivity contribution is 5.95. The van der Waals surface area contributed by atoms with Crippen LogP contribution in [0.4, 0.5) is 9.18 Å². The van der Waals surface area contributed by atoms with E-state index < -0.39 is 23.9 Å². The number of urea groups is 1. The molecule has 1 heterocycles. The van der Waals surface area contributed by atoms with Crippen LogP contribution >= 0.6 is 0 Å². The summed E-state index contributed by atoms with van der Waals surface area (Å²) in [4.78, 5) is 23.7. The highest BCUT2D eigenvalue weighted by Gasteiger charge is 2.33. The first kappa shape index (κ1) is 14.8. The maximum atomic E-state index is 14.0. The van der Waals surface area contributed by atoms with Gasteiger partial charge in [-0.3, -0.25) is 0 Å². The predicted octanol–water partition coefficient (Wildman–Crippen LogP) is 2.18. The van der Waals surface area contributed by atoms with E-state index in [-0.39, 0.29) is 17.7 Å². The number of esters is 1. The van der Waals surface area contributed by atoms with E-state index in [2.05, 4.69) is 17.2 Å². The van der Waals surface area contributed by atoms with Crippen LogP contribution in [-0.4, -0.2) is 18.6 Å². The minimum Gasteiger partial charge on any atom is -0.458 e. The molecular formula is C15H15FN2O3. The van der Waals surface area contributed by atoms with Gasteiger partial charge in [0.15, 0.2) is 0 Å². The van der Waals surface area contributed by atoms with Crippen molar-refractivity contribution in [2.75, 3.05) is 6.61 Å². The summed E-state index contributed by atoms with van der Waals surface area (Å²) in [5.74, 6) is -1.14. The lowest BCUT2D eigenvalue weighted by atomic mass is 9.95. The molecule has 110 valence electrons. The Morgan fingerprint density at radius 3 is 2.86 bits per heavy atom. The van der Waals surface area contributed by atoms with E-state index in [1.807, 2.05) is 0 Å². The topological polar surface area (TPSA) is 67.4 Å². The second kappa shape index (κ2) is 6.21. The molecule has 0 saturated heterocycles. The summed E-state index contributed by atoms with van der Waals surface area (Å²) in [6.07, 6.45) is 1.43. The molecule has 2 amide bonds. The molecule has 1 aliphatic heterocycles. The average molecular weight is 290 g/mol. The summed E-state index contributed by atoms with van der Waals surface area (Å²) in [6, 6.07) is 4.56. The van der Waals surface area contributed by atoms with E-state index >= 15 is 0 Å². The quantitative estimate of drug-likeness (QED) is 0.660. The highest BCUT2D eigenvalue weighted by atomic mass is 19.1. The van der Waals surface area contributed by atoms with Crippen LogP contribution in [0.3, 0.4) is 0 Å². The lowest BCUT2D eigenvalue weighted by molar-refractivity contribution is -0.138. The van der Waals surface area contributed by atoms with Crippen LogP contribution in [0.25, 0.3) is 0 Å². The van der Waals surface area contributed by atoms with Gasteiger partial charge in [0.05, 0.1) is 11.6 Å². The number of carbonyl (C=O) groups is 2. The van der Waals surface area contributed by atoms with Crippen molar-refractivity contribution in [3.63, 3.8) is 0 Å². The van der Waals surface area contributed by atoms with Crippen LogP contribution in [0.1, 0.15) is 18.5 Å². The summed E-state index contributed by atoms with van der Waals surface area (Å²) in [5.41, 5.74) is 0.708. The Morgan fingerprint density at radius 2 is 2.19 bits per heavy atom. The summed E-state index contributed by atoms with van der Waals surface area (Å²) < 4.78 is 19.0. The van der Waals surface area contributed by atoms with Gasteiger partial charge >= 0.3 is 12.0 Å². The molecule has 1 aliphatic rings. The van der Waals surface area contributed by atoms with Gasteiger partial charge < -0.3 is 15.4 Å². The number of halogens is 1. The van der Waals surface area contributed by atoms with Gasteiger partial charge in [0.2, 0.25) is 0 Å². The van der Waals surface area contributed by atoms with E-state index in [0.29, 0.717) is 5.70 Å². The molecule has 1 aromatic rings. The Hall–Kier alpha value is -2.63. The molecule has 0 spiro atoms. The third kappa shape index (κ3) is 3.10. The molecule has 1 aromatic carbocycles. The number of carbonyl (C=O) groups excluding carboxylic acids is 2. The predicted molar refractivity (Wildman–Crippen MR) is 74.7 cm³/mol. The minimum atomic E-state index is -0.891. The van der Waals surface area contributed by atoms with Gasteiger partial charge in [0.25, 0.3) is 0 Å². The van der Waals surface area contributed by atoms with Crippen molar-refractivity contribution < 1.29 is 18.7 Å². The van der Waals surface area contributed by atoms with E-state index in [1.54, 1.807) is 13.0 Å². The fourth-order valence-electron chi connectivity index (χ4n) is 2.12. The van der Waals surface area contributed by atoms with E-state index in [4.69, 9.17) is 4.74 Å². The van der Waals surface area contributed by atoms with E-state index in [1.165, 1.54) is 24.3 Å². The molecule has 5 nitrogen and oxygen atoms in total. The fraction of sp³-hybridized carbons (Fsp3) is 0.200. The molecule has 2 N–H and O–H groups in total. The lowest BCUT2D eigenvalue weighted by Gasteiger charge is -2.28. The van der Waals surface area contributed by atoms with Crippen LogP contribution in [-0.2, 0) is 9.53 Å². The fourth-order valence-corrected chi connectivity index (χ4v) is 2.12. The van der Waals surface area contributed by atoms with Gasteiger partial charge in [-0.25, -0.2) is 14.0 Å². The Kier molecular flexibility index (Phi) is 4.37. The highest BCUT2D eigenvalue weighted by Crippen LogP contribution is 2.29. The smallest absolute Gasteiger partial charge is 0.338 e. The molecule has 6 heteroatoms. The summed E-state index contributed by atoms with van der Waals surface area (Å²) >= 11 is 0. The summed E-state index contributed by atoms with van der Waals surface area (Å²) in [6.45, 7) is 5.06. The molecule has 2 rings (SSSR count). The Labute approximate surface area is 121 Å². The molecular weight excluding hydrogens is 275 g/mol. The first-order valence-corrected chi connectivity index (χ1v) is 6.35. The zero-order valence-corrected chi connectivity index (χ0v) is 11.5. The second-order valence-corrected chi connectivity index (χ2v) is 4.48. The van der Waals surface area contributed by atoms with E-state index in [9.17, 15) is 14.0 Å². The third-order valence-electron chi connectivity index (χ3n) is 3.04. The molecule has 0 fully saturated rings. The number of amides is 2. The monoisotopic (exact) mass is 290 g/mol. The SMILES string of the molecule is C=CCOC(=O)C1=C(C)NC(=O)N[C@@H]1c1ccccc1F. The van der Waals surface area contributed by atoms with Crippen molar-refractivity contribution in [2.24, 2.45) is 0 Å². The van der Waals surface area contributed by atoms with Crippen LogP contribution in [0.2, 0.25) is 0 Å². The molecule has 1 atom stereocenters. The van der Waals surface area contributed by atoms with Crippen molar-refractivity contribution in [1.82, 2.24) is 10.6 Å². The average Bonchev–Trinajstić information content (AvgIpc) is 2.44. The second-order valence-electron chi connectivity index (χ2n) is 4.48. The zero-order chi connectivity index (χ0) is 15.4.